The van der Waals surface area contributed by atoms with Gasteiger partial charge in [-0.25, -0.2) is 0 Å². The normalized spacial score (nSPS) is 20.4. The van der Waals surface area contributed by atoms with Crippen LogP contribution in [0, 0.1) is 6.92 Å². The number of hydrogen-bond acceptors (Lipinski definition) is 3. The molecule has 1 N–H and O–H groups in total. The molecule has 180 valence electrons. The van der Waals surface area contributed by atoms with Crippen LogP contribution in [0.5, 0.6) is 0 Å². The van der Waals surface area contributed by atoms with E-state index in [1.165, 1.54) is 17.2 Å². The van der Waals surface area contributed by atoms with Gasteiger partial charge in [-0.3, -0.25) is 14.9 Å². The minimum Gasteiger partial charge on any atom is -0.282 e. The number of benzene rings is 2. The molecule has 2 aromatic rings. The maximum absolute atomic E-state index is 13.5. The standard InChI is InChI=1S/C27H28F3NO2S/c1-15-10-20-21(26(4,5)9-8-25(20,2)3)13-18(15)19-11-16(6-7-17(19)14-27(28,29)30)12-22-23(32)31-24(33)34-22/h6-7,10-13H,8-9,14H2,1-5H3,(H,31,32,33). The molecule has 7 heteroatoms. The summed E-state index contributed by atoms with van der Waals surface area (Å²) in [5, 5.41) is 1.75. The predicted octanol–water partition coefficient (Wildman–Crippen LogP) is 7.44. The van der Waals surface area contributed by atoms with Gasteiger partial charge in [-0.15, -0.1) is 0 Å². The first-order valence-electron chi connectivity index (χ1n) is 11.3. The molecule has 2 aromatic carbocycles. The number of carbonyl (C=O) groups excluding carboxylic acids is 2. The van der Waals surface area contributed by atoms with E-state index in [1.807, 2.05) is 6.92 Å². The minimum absolute atomic E-state index is 0.00515. The lowest BCUT2D eigenvalue weighted by Crippen LogP contribution is -2.34. The molecule has 1 aliphatic carbocycles. The van der Waals surface area contributed by atoms with Gasteiger partial charge < -0.3 is 0 Å². The van der Waals surface area contributed by atoms with Crippen LogP contribution >= 0.6 is 11.8 Å². The SMILES string of the molecule is Cc1cc2c(cc1-c1cc(C=C3SC(=O)NC3=O)ccc1CC(F)(F)F)C(C)(C)CCC2(C)C. The number of hydrogen-bond donors (Lipinski definition) is 1. The maximum atomic E-state index is 13.5. The van der Waals surface area contributed by atoms with Gasteiger partial charge in [0.05, 0.1) is 11.3 Å². The fourth-order valence-electron chi connectivity index (χ4n) is 4.89. The Labute approximate surface area is 202 Å². The van der Waals surface area contributed by atoms with Crippen LogP contribution in [0.2, 0.25) is 0 Å². The molecular weight excluding hydrogens is 459 g/mol. The largest absolute Gasteiger partial charge is 0.393 e. The monoisotopic (exact) mass is 487 g/mol. The van der Waals surface area contributed by atoms with Gasteiger partial charge in [-0.05, 0) is 93.4 Å². The van der Waals surface area contributed by atoms with E-state index in [2.05, 4.69) is 45.1 Å². The van der Waals surface area contributed by atoms with Crippen molar-refractivity contribution in [1.82, 2.24) is 5.32 Å². The minimum atomic E-state index is -4.36. The van der Waals surface area contributed by atoms with Crippen LogP contribution < -0.4 is 5.32 Å². The summed E-state index contributed by atoms with van der Waals surface area (Å²) in [4.78, 5) is 23.7. The van der Waals surface area contributed by atoms with Crippen molar-refractivity contribution in [2.75, 3.05) is 0 Å². The highest BCUT2D eigenvalue weighted by molar-refractivity contribution is 8.18. The van der Waals surface area contributed by atoms with Crippen LogP contribution in [0.1, 0.15) is 68.4 Å². The number of fused-ring (bicyclic) bond motifs is 1. The molecule has 0 bridgehead atoms. The Bertz CT molecular complexity index is 1230. The van der Waals surface area contributed by atoms with Crippen molar-refractivity contribution in [1.29, 1.82) is 0 Å². The molecule has 0 unspecified atom stereocenters. The summed E-state index contributed by atoms with van der Waals surface area (Å²) in [6, 6.07) is 8.93. The van der Waals surface area contributed by atoms with Crippen LogP contribution in [-0.4, -0.2) is 17.3 Å². The van der Waals surface area contributed by atoms with Crippen molar-refractivity contribution >= 4 is 29.0 Å². The van der Waals surface area contributed by atoms with Gasteiger partial charge >= 0.3 is 6.18 Å². The third kappa shape index (κ3) is 4.81. The van der Waals surface area contributed by atoms with Crippen LogP contribution in [0.4, 0.5) is 18.0 Å². The van der Waals surface area contributed by atoms with Gasteiger partial charge in [0.1, 0.15) is 0 Å². The lowest BCUT2D eigenvalue weighted by Gasteiger charge is -2.42. The Morgan fingerprint density at radius 3 is 2.15 bits per heavy atom. The van der Waals surface area contributed by atoms with Crippen molar-refractivity contribution in [2.24, 2.45) is 0 Å². The number of nitrogens with one attached hydrogen (secondary N) is 1. The molecule has 1 saturated heterocycles. The second kappa shape index (κ2) is 8.29. The van der Waals surface area contributed by atoms with E-state index in [-0.39, 0.29) is 21.3 Å². The smallest absolute Gasteiger partial charge is 0.282 e. The lowest BCUT2D eigenvalue weighted by molar-refractivity contribution is -0.127. The Morgan fingerprint density at radius 2 is 1.59 bits per heavy atom. The first-order valence-corrected chi connectivity index (χ1v) is 12.1. The molecule has 0 atom stereocenters. The zero-order valence-corrected chi connectivity index (χ0v) is 20.8. The number of halogens is 3. The summed E-state index contributed by atoms with van der Waals surface area (Å²) in [5.41, 5.74) is 5.27. The quantitative estimate of drug-likeness (QED) is 0.458. The summed E-state index contributed by atoms with van der Waals surface area (Å²) in [5.74, 6) is -0.495. The summed E-state index contributed by atoms with van der Waals surface area (Å²) < 4.78 is 40.4. The Kier molecular flexibility index (Phi) is 6.00. The van der Waals surface area contributed by atoms with Gasteiger partial charge in [-0.2, -0.15) is 13.2 Å². The number of carbonyl (C=O) groups is 2. The molecule has 0 spiro atoms. The van der Waals surface area contributed by atoms with E-state index in [9.17, 15) is 22.8 Å². The predicted molar refractivity (Wildman–Crippen MR) is 131 cm³/mol. The zero-order valence-electron chi connectivity index (χ0n) is 19.9. The molecule has 34 heavy (non-hydrogen) atoms. The molecule has 0 radical (unpaired) electrons. The van der Waals surface area contributed by atoms with Crippen molar-refractivity contribution in [3.63, 3.8) is 0 Å². The van der Waals surface area contributed by atoms with Crippen LogP contribution in [0.25, 0.3) is 17.2 Å². The second-order valence-electron chi connectivity index (χ2n) is 10.5. The summed E-state index contributed by atoms with van der Waals surface area (Å²) in [6.45, 7) is 10.7. The third-order valence-corrected chi connectivity index (χ3v) is 7.76. The van der Waals surface area contributed by atoms with E-state index in [0.717, 1.165) is 35.7 Å². The van der Waals surface area contributed by atoms with Gasteiger partial charge in [0.15, 0.2) is 0 Å². The molecule has 3 nitrogen and oxygen atoms in total. The molecule has 0 saturated carbocycles. The Hall–Kier alpha value is -2.54. The van der Waals surface area contributed by atoms with Crippen molar-refractivity contribution in [2.45, 2.75) is 70.9 Å². The fourth-order valence-corrected chi connectivity index (χ4v) is 5.57. The van der Waals surface area contributed by atoms with Gasteiger partial charge in [0.2, 0.25) is 0 Å². The highest BCUT2D eigenvalue weighted by atomic mass is 32.2. The highest BCUT2D eigenvalue weighted by Crippen LogP contribution is 2.48. The number of aryl methyl sites for hydroxylation is 1. The first kappa shape index (κ1) is 24.6. The van der Waals surface area contributed by atoms with E-state index in [0.29, 0.717) is 11.1 Å². The molecule has 1 heterocycles. The Morgan fingerprint density at radius 1 is 0.971 bits per heavy atom. The number of thioether (sulfide) groups is 1. The number of imide groups is 1. The first-order chi connectivity index (χ1) is 15.7. The molecule has 0 aromatic heterocycles. The summed E-state index contributed by atoms with van der Waals surface area (Å²) >= 11 is 0.787. The molecule has 4 rings (SSSR count). The molecule has 2 aliphatic rings. The van der Waals surface area contributed by atoms with E-state index >= 15 is 0 Å². The highest BCUT2D eigenvalue weighted by Gasteiger charge is 2.38. The second-order valence-corrected chi connectivity index (χ2v) is 11.6. The fraction of sp³-hybridized carbons (Fsp3) is 0.407. The van der Waals surface area contributed by atoms with Crippen molar-refractivity contribution in [3.05, 3.63) is 63.1 Å². The Balaban J connectivity index is 1.91. The number of alkyl halides is 3. The number of amides is 2. The summed E-state index contributed by atoms with van der Waals surface area (Å²) in [6.07, 6.45) is -1.80. The van der Waals surface area contributed by atoms with E-state index in [4.69, 9.17) is 0 Å². The molecule has 1 fully saturated rings. The van der Waals surface area contributed by atoms with E-state index in [1.54, 1.807) is 18.2 Å². The van der Waals surface area contributed by atoms with Crippen molar-refractivity contribution in [3.8, 4) is 11.1 Å². The zero-order chi connectivity index (χ0) is 25.1. The number of rotatable bonds is 3. The lowest BCUT2D eigenvalue weighted by atomic mass is 9.62. The van der Waals surface area contributed by atoms with Gasteiger partial charge in [0, 0.05) is 0 Å². The van der Waals surface area contributed by atoms with Crippen LogP contribution in [-0.2, 0) is 22.0 Å². The van der Waals surface area contributed by atoms with E-state index < -0.39 is 23.7 Å². The van der Waals surface area contributed by atoms with Crippen LogP contribution in [0.3, 0.4) is 0 Å². The van der Waals surface area contributed by atoms with Gasteiger partial charge in [-0.1, -0.05) is 52.0 Å². The maximum Gasteiger partial charge on any atom is 0.393 e. The van der Waals surface area contributed by atoms with Gasteiger partial charge in [0.25, 0.3) is 11.1 Å². The third-order valence-electron chi connectivity index (χ3n) is 6.95. The molecule has 1 aliphatic heterocycles. The molecular formula is C27H28F3NO2S. The topological polar surface area (TPSA) is 46.2 Å². The average molecular weight is 488 g/mol. The van der Waals surface area contributed by atoms with Crippen LogP contribution in [0.15, 0.2) is 35.2 Å². The molecule has 2 amide bonds. The summed E-state index contributed by atoms with van der Waals surface area (Å²) in [7, 11) is 0. The average Bonchev–Trinajstić information content (AvgIpc) is 3.02. The van der Waals surface area contributed by atoms with Crippen molar-refractivity contribution < 1.29 is 22.8 Å².